The van der Waals surface area contributed by atoms with Gasteiger partial charge in [-0.3, -0.25) is 4.79 Å². The number of para-hydroxylation sites is 1. The zero-order valence-corrected chi connectivity index (χ0v) is 14.9. The van der Waals surface area contributed by atoms with Gasteiger partial charge >= 0.3 is 0 Å². The monoisotopic (exact) mass is 343 g/mol. The lowest BCUT2D eigenvalue weighted by atomic mass is 9.88. The van der Waals surface area contributed by atoms with E-state index in [-0.39, 0.29) is 11.7 Å². The van der Waals surface area contributed by atoms with Crippen LogP contribution in [0.15, 0.2) is 67.0 Å². The SMILES string of the molecule is Cc1c([C@@H](CC(=O)c2nccn2C)c2ccccc2)[nH]c2ccccc12. The van der Waals surface area contributed by atoms with Crippen molar-refractivity contribution < 1.29 is 4.79 Å². The van der Waals surface area contributed by atoms with Crippen molar-refractivity contribution in [2.45, 2.75) is 19.3 Å². The Bertz CT molecular complexity index is 1060. The fourth-order valence-electron chi connectivity index (χ4n) is 3.63. The molecule has 0 saturated heterocycles. The van der Waals surface area contributed by atoms with Gasteiger partial charge in [-0.25, -0.2) is 4.98 Å². The third-order valence-corrected chi connectivity index (χ3v) is 5.01. The Labute approximate surface area is 152 Å². The number of aromatic amines is 1. The second kappa shape index (κ2) is 6.64. The quantitative estimate of drug-likeness (QED) is 0.538. The molecule has 0 aliphatic heterocycles. The van der Waals surface area contributed by atoms with Crippen molar-refractivity contribution in [1.82, 2.24) is 14.5 Å². The van der Waals surface area contributed by atoms with Gasteiger partial charge in [0, 0.05) is 48.4 Å². The van der Waals surface area contributed by atoms with E-state index in [1.807, 2.05) is 37.4 Å². The highest BCUT2D eigenvalue weighted by atomic mass is 16.1. The molecule has 4 rings (SSSR count). The number of nitrogens with zero attached hydrogens (tertiary/aromatic N) is 2. The summed E-state index contributed by atoms with van der Waals surface area (Å²) in [6, 6.07) is 18.5. The van der Waals surface area contributed by atoms with Crippen LogP contribution in [0.4, 0.5) is 0 Å². The molecule has 0 fully saturated rings. The van der Waals surface area contributed by atoms with Gasteiger partial charge in [0.2, 0.25) is 0 Å². The molecule has 1 atom stereocenters. The molecule has 2 heterocycles. The number of imidazole rings is 1. The van der Waals surface area contributed by atoms with Crippen LogP contribution in [-0.2, 0) is 7.05 Å². The summed E-state index contributed by atoms with van der Waals surface area (Å²) in [6.45, 7) is 2.12. The van der Waals surface area contributed by atoms with Gasteiger partial charge in [-0.05, 0) is 24.1 Å². The van der Waals surface area contributed by atoms with Crippen LogP contribution in [0.2, 0.25) is 0 Å². The van der Waals surface area contributed by atoms with Gasteiger partial charge in [-0.15, -0.1) is 0 Å². The topological polar surface area (TPSA) is 50.7 Å². The zero-order chi connectivity index (χ0) is 18.1. The van der Waals surface area contributed by atoms with Crippen molar-refractivity contribution in [3.63, 3.8) is 0 Å². The molecule has 0 unspecified atom stereocenters. The van der Waals surface area contributed by atoms with E-state index < -0.39 is 0 Å². The lowest BCUT2D eigenvalue weighted by molar-refractivity contribution is 0.0964. The Balaban J connectivity index is 1.79. The molecule has 0 aliphatic rings. The van der Waals surface area contributed by atoms with E-state index >= 15 is 0 Å². The van der Waals surface area contributed by atoms with Gasteiger partial charge in [-0.2, -0.15) is 0 Å². The molecule has 0 radical (unpaired) electrons. The first-order chi connectivity index (χ1) is 12.6. The summed E-state index contributed by atoms with van der Waals surface area (Å²) in [5.41, 5.74) is 4.53. The van der Waals surface area contributed by atoms with E-state index in [1.54, 1.807) is 17.0 Å². The lowest BCUT2D eigenvalue weighted by Gasteiger charge is -2.17. The summed E-state index contributed by atoms with van der Waals surface area (Å²) in [5, 5.41) is 1.20. The number of fused-ring (bicyclic) bond motifs is 1. The summed E-state index contributed by atoms with van der Waals surface area (Å²) >= 11 is 0. The number of rotatable bonds is 5. The number of H-pyrrole nitrogens is 1. The number of benzene rings is 2. The number of Topliss-reactive ketones (excluding diaryl/α,β-unsaturated/α-hetero) is 1. The second-order valence-corrected chi connectivity index (χ2v) is 6.66. The summed E-state index contributed by atoms with van der Waals surface area (Å²) in [4.78, 5) is 20.7. The normalized spacial score (nSPS) is 12.4. The average molecular weight is 343 g/mol. The third-order valence-electron chi connectivity index (χ3n) is 5.01. The molecule has 4 nitrogen and oxygen atoms in total. The molecule has 0 bridgehead atoms. The fourth-order valence-corrected chi connectivity index (χ4v) is 3.63. The molecule has 2 aromatic heterocycles. The van der Waals surface area contributed by atoms with E-state index in [2.05, 4.69) is 41.2 Å². The van der Waals surface area contributed by atoms with Crippen molar-refractivity contribution in [1.29, 1.82) is 0 Å². The van der Waals surface area contributed by atoms with Crippen molar-refractivity contribution in [2.24, 2.45) is 7.05 Å². The molecular formula is C22H21N3O. The maximum Gasteiger partial charge on any atom is 0.199 e. The largest absolute Gasteiger partial charge is 0.358 e. The number of aryl methyl sites for hydroxylation is 2. The Kier molecular flexibility index (Phi) is 4.17. The van der Waals surface area contributed by atoms with Crippen molar-refractivity contribution in [3.8, 4) is 0 Å². The second-order valence-electron chi connectivity index (χ2n) is 6.66. The number of carbonyl (C=O) groups is 1. The molecule has 0 saturated carbocycles. The summed E-state index contributed by atoms with van der Waals surface area (Å²) < 4.78 is 1.78. The predicted octanol–water partition coefficient (Wildman–Crippen LogP) is 4.61. The van der Waals surface area contributed by atoms with Gasteiger partial charge in [0.25, 0.3) is 0 Å². The minimum Gasteiger partial charge on any atom is -0.358 e. The first-order valence-electron chi connectivity index (χ1n) is 8.78. The number of ketones is 1. The highest BCUT2D eigenvalue weighted by Gasteiger charge is 2.24. The van der Waals surface area contributed by atoms with E-state index in [9.17, 15) is 4.79 Å². The van der Waals surface area contributed by atoms with Crippen LogP contribution in [0.5, 0.6) is 0 Å². The first kappa shape index (κ1) is 16.3. The molecule has 1 N–H and O–H groups in total. The van der Waals surface area contributed by atoms with Crippen LogP contribution in [0, 0.1) is 6.92 Å². The van der Waals surface area contributed by atoms with Crippen molar-refractivity contribution in [2.75, 3.05) is 0 Å². The molecule has 2 aromatic carbocycles. The van der Waals surface area contributed by atoms with Gasteiger partial charge in [0.05, 0.1) is 0 Å². The molecule has 0 aliphatic carbocycles. The van der Waals surface area contributed by atoms with Crippen molar-refractivity contribution >= 4 is 16.7 Å². The highest BCUT2D eigenvalue weighted by Crippen LogP contribution is 2.34. The molecule has 26 heavy (non-hydrogen) atoms. The van der Waals surface area contributed by atoms with Crippen LogP contribution >= 0.6 is 0 Å². The highest BCUT2D eigenvalue weighted by molar-refractivity contribution is 5.94. The third kappa shape index (κ3) is 2.84. The molecular weight excluding hydrogens is 322 g/mol. The van der Waals surface area contributed by atoms with E-state index in [0.717, 1.165) is 16.8 Å². The van der Waals surface area contributed by atoms with E-state index in [0.29, 0.717) is 12.2 Å². The van der Waals surface area contributed by atoms with Gasteiger partial charge in [0.1, 0.15) is 0 Å². The molecule has 0 spiro atoms. The van der Waals surface area contributed by atoms with Crippen LogP contribution in [-0.4, -0.2) is 20.3 Å². The van der Waals surface area contributed by atoms with E-state index in [4.69, 9.17) is 0 Å². The Morgan fingerprint density at radius 3 is 2.54 bits per heavy atom. The van der Waals surface area contributed by atoms with Gasteiger partial charge < -0.3 is 9.55 Å². The van der Waals surface area contributed by atoms with Crippen molar-refractivity contribution in [3.05, 3.63) is 89.6 Å². The van der Waals surface area contributed by atoms with E-state index in [1.165, 1.54) is 10.9 Å². The first-order valence-corrected chi connectivity index (χ1v) is 8.78. The zero-order valence-electron chi connectivity index (χ0n) is 14.9. The lowest BCUT2D eigenvalue weighted by Crippen LogP contribution is -2.14. The Hall–Kier alpha value is -3.14. The minimum atomic E-state index is -0.0344. The number of hydrogen-bond donors (Lipinski definition) is 1. The molecule has 4 aromatic rings. The summed E-state index contributed by atoms with van der Waals surface area (Å²) in [7, 11) is 1.85. The Morgan fingerprint density at radius 2 is 1.85 bits per heavy atom. The van der Waals surface area contributed by atoms with Crippen LogP contribution in [0.25, 0.3) is 10.9 Å². The molecule has 0 amide bonds. The number of aromatic nitrogens is 3. The average Bonchev–Trinajstić information content (AvgIpc) is 3.24. The number of nitrogens with one attached hydrogen (secondary N) is 1. The maximum absolute atomic E-state index is 12.9. The predicted molar refractivity (Wildman–Crippen MR) is 103 cm³/mol. The minimum absolute atomic E-state index is 0.0344. The summed E-state index contributed by atoms with van der Waals surface area (Å²) in [6.07, 6.45) is 3.85. The van der Waals surface area contributed by atoms with Crippen LogP contribution in [0.1, 0.15) is 39.8 Å². The summed E-state index contributed by atoms with van der Waals surface area (Å²) in [5.74, 6) is 0.511. The maximum atomic E-state index is 12.9. The number of hydrogen-bond acceptors (Lipinski definition) is 2. The Morgan fingerprint density at radius 1 is 1.12 bits per heavy atom. The standard InChI is InChI=1S/C22H21N3O/c1-15-17-10-6-7-11-19(17)24-21(15)18(16-8-4-3-5-9-16)14-20(26)22-23-12-13-25(22)2/h3-13,18,24H,14H2,1-2H3/t18-/m0/s1. The fraction of sp³-hybridized carbons (Fsp3) is 0.182. The molecule has 4 heteroatoms. The van der Waals surface area contributed by atoms with Gasteiger partial charge in [-0.1, -0.05) is 48.5 Å². The number of carbonyl (C=O) groups excluding carboxylic acids is 1. The smallest absolute Gasteiger partial charge is 0.199 e. The van der Waals surface area contributed by atoms with Crippen LogP contribution in [0.3, 0.4) is 0 Å². The van der Waals surface area contributed by atoms with Gasteiger partial charge in [0.15, 0.2) is 11.6 Å². The molecule has 130 valence electrons. The van der Waals surface area contributed by atoms with Crippen LogP contribution < -0.4 is 0 Å².